The van der Waals surface area contributed by atoms with Gasteiger partial charge in [0, 0.05) is 12.8 Å². The Kier molecular flexibility index (Phi) is 17.8. The van der Waals surface area contributed by atoms with Gasteiger partial charge in [-0.05, 0) is 25.2 Å². The molecule has 15 nitrogen and oxygen atoms in total. The summed E-state index contributed by atoms with van der Waals surface area (Å²) < 4.78 is 40.9. The molecule has 49 heavy (non-hydrogen) atoms. The molecule has 0 amide bonds. The molecule has 0 aromatic heterocycles. The van der Waals surface area contributed by atoms with E-state index in [9.17, 15) is 39.6 Å². The minimum absolute atomic E-state index is 0.0119. The van der Waals surface area contributed by atoms with Gasteiger partial charge in [0.2, 0.25) is 12.1 Å². The summed E-state index contributed by atoms with van der Waals surface area (Å²) in [5.74, 6) is -6.39. The average molecular weight is 707 g/mol. The summed E-state index contributed by atoms with van der Waals surface area (Å²) in [7, 11) is 0. The Balaban J connectivity index is 2.67. The van der Waals surface area contributed by atoms with Crippen LogP contribution in [0.15, 0.2) is 0 Å². The average Bonchev–Trinajstić information content (AvgIpc) is 3.31. The van der Waals surface area contributed by atoms with E-state index in [4.69, 9.17) is 33.2 Å². The molecule has 0 aromatic carbocycles. The van der Waals surface area contributed by atoms with Crippen molar-refractivity contribution in [2.75, 3.05) is 19.8 Å². The van der Waals surface area contributed by atoms with E-state index in [1.165, 1.54) is 0 Å². The zero-order chi connectivity index (χ0) is 36.9. The molecule has 2 rings (SSSR count). The number of unbranched alkanes of at least 4 members (excludes halogenated alkanes) is 3. The normalized spacial score (nSPS) is 31.2. The van der Waals surface area contributed by atoms with Crippen LogP contribution in [0.1, 0.15) is 99.8 Å². The van der Waals surface area contributed by atoms with Crippen molar-refractivity contribution < 1.29 is 72.8 Å². The number of rotatable bonds is 20. The van der Waals surface area contributed by atoms with Crippen LogP contribution in [0.3, 0.4) is 0 Å². The molecule has 4 N–H and O–H groups in total. The molecule has 2 aliphatic rings. The van der Waals surface area contributed by atoms with E-state index in [1.807, 2.05) is 6.92 Å². The van der Waals surface area contributed by atoms with Crippen molar-refractivity contribution >= 4 is 23.9 Å². The number of carbonyl (C=O) groups excluding carboxylic acids is 4. The van der Waals surface area contributed by atoms with Crippen molar-refractivity contribution in [3.8, 4) is 0 Å². The SMILES string of the molecule is CCCCCCC(=O)O[C@@H]1[C@@H](OC(=O)[C@H](C)CC)[C@@H](O[C@]2(CO)O[C@H](CO)[C@@H](O)[C@@H]2O)O[C@H](COC(=O)[C@H](C)CC)[C@H]1OC(=O)CC(C)C. The van der Waals surface area contributed by atoms with E-state index in [2.05, 4.69) is 0 Å². The van der Waals surface area contributed by atoms with Crippen LogP contribution in [-0.4, -0.2) is 119 Å². The fraction of sp³-hybridized carbons (Fsp3) is 0.882. The van der Waals surface area contributed by atoms with Crippen molar-refractivity contribution in [1.82, 2.24) is 0 Å². The first-order valence-corrected chi connectivity index (χ1v) is 17.5. The van der Waals surface area contributed by atoms with Gasteiger partial charge >= 0.3 is 23.9 Å². The number of ether oxygens (including phenoxy) is 7. The Hall–Kier alpha value is -2.40. The Morgan fingerprint density at radius 3 is 1.96 bits per heavy atom. The third-order valence-electron chi connectivity index (χ3n) is 8.83. The maximum atomic E-state index is 13.3. The summed E-state index contributed by atoms with van der Waals surface area (Å²) in [6.45, 7) is 10.1. The molecule has 0 bridgehead atoms. The highest BCUT2D eigenvalue weighted by molar-refractivity contribution is 5.73. The first kappa shape index (κ1) is 42.8. The van der Waals surface area contributed by atoms with Crippen molar-refractivity contribution in [3.63, 3.8) is 0 Å². The van der Waals surface area contributed by atoms with Gasteiger partial charge in [0.15, 0.2) is 18.3 Å². The number of hydrogen-bond donors (Lipinski definition) is 4. The predicted molar refractivity (Wildman–Crippen MR) is 171 cm³/mol. The Bertz CT molecular complexity index is 1050. The molecular weight excluding hydrogens is 648 g/mol. The van der Waals surface area contributed by atoms with Crippen LogP contribution in [-0.2, 0) is 52.3 Å². The molecule has 0 aliphatic carbocycles. The fourth-order valence-electron chi connectivity index (χ4n) is 5.31. The second-order valence-electron chi connectivity index (χ2n) is 13.4. The monoisotopic (exact) mass is 706 g/mol. The molecule has 2 heterocycles. The summed E-state index contributed by atoms with van der Waals surface area (Å²) in [5, 5.41) is 41.5. The van der Waals surface area contributed by atoms with Crippen molar-refractivity contribution in [1.29, 1.82) is 0 Å². The van der Waals surface area contributed by atoms with Gasteiger partial charge in [0.25, 0.3) is 0 Å². The van der Waals surface area contributed by atoms with Gasteiger partial charge in [-0.15, -0.1) is 0 Å². The maximum Gasteiger partial charge on any atom is 0.309 e. The Morgan fingerprint density at radius 1 is 0.776 bits per heavy atom. The lowest BCUT2D eigenvalue weighted by Gasteiger charge is -2.46. The zero-order valence-corrected chi connectivity index (χ0v) is 29.9. The van der Waals surface area contributed by atoms with Gasteiger partial charge in [0.1, 0.15) is 37.6 Å². The van der Waals surface area contributed by atoms with Gasteiger partial charge in [-0.25, -0.2) is 0 Å². The third kappa shape index (κ3) is 11.8. The maximum absolute atomic E-state index is 13.3. The van der Waals surface area contributed by atoms with Crippen molar-refractivity contribution in [3.05, 3.63) is 0 Å². The van der Waals surface area contributed by atoms with E-state index in [0.717, 1.165) is 19.3 Å². The minimum Gasteiger partial charge on any atom is -0.463 e. The van der Waals surface area contributed by atoms with E-state index in [-0.39, 0.29) is 18.8 Å². The molecule has 0 aromatic rings. The first-order valence-electron chi connectivity index (χ1n) is 17.5. The molecule has 0 radical (unpaired) electrons. The van der Waals surface area contributed by atoms with Crippen LogP contribution in [0.5, 0.6) is 0 Å². The van der Waals surface area contributed by atoms with Crippen molar-refractivity contribution in [2.24, 2.45) is 17.8 Å². The molecule has 284 valence electrons. The van der Waals surface area contributed by atoms with Crippen LogP contribution in [0.25, 0.3) is 0 Å². The van der Waals surface area contributed by atoms with E-state index < -0.39 is 110 Å². The number of hydrogen-bond acceptors (Lipinski definition) is 15. The second kappa shape index (κ2) is 20.4. The summed E-state index contributed by atoms with van der Waals surface area (Å²) >= 11 is 0. The zero-order valence-electron chi connectivity index (χ0n) is 29.9. The standard InChI is InChI=1S/C34H58O15/c1-8-11-12-13-14-24(37)45-28-27(46-25(38)15-19(4)5)23(17-43-31(41)20(6)9-2)44-33(29(28)47-32(42)21(7)10-3)49-34(18-36)30(40)26(39)22(16-35)48-34/h19-23,26-30,33,35-36,39-40H,8-18H2,1-7H3/t20-,21-,22-,23-,26-,27-,28+,29-,30+,33-,34+/m1/s1. The molecule has 0 spiro atoms. The second-order valence-corrected chi connectivity index (χ2v) is 13.4. The molecule has 11 atom stereocenters. The van der Waals surface area contributed by atoms with Crippen molar-refractivity contribution in [2.45, 2.75) is 155 Å². The molecule has 2 aliphatic heterocycles. The van der Waals surface area contributed by atoms with E-state index in [1.54, 1.807) is 41.5 Å². The highest BCUT2D eigenvalue weighted by atomic mass is 16.8. The fourth-order valence-corrected chi connectivity index (χ4v) is 5.31. The van der Waals surface area contributed by atoms with Crippen LogP contribution >= 0.6 is 0 Å². The van der Waals surface area contributed by atoms with Gasteiger partial charge < -0.3 is 53.6 Å². The largest absolute Gasteiger partial charge is 0.463 e. The molecule has 0 saturated carbocycles. The highest BCUT2D eigenvalue weighted by Gasteiger charge is 2.61. The summed E-state index contributed by atoms with van der Waals surface area (Å²) in [6.07, 6.45) is -9.06. The summed E-state index contributed by atoms with van der Waals surface area (Å²) in [5.41, 5.74) is 0. The lowest BCUT2D eigenvalue weighted by atomic mass is 9.97. The smallest absolute Gasteiger partial charge is 0.309 e. The topological polar surface area (TPSA) is 214 Å². The number of aliphatic hydroxyl groups excluding tert-OH is 4. The number of carbonyl (C=O) groups is 4. The molecule has 2 fully saturated rings. The Labute approximate surface area is 288 Å². The summed E-state index contributed by atoms with van der Waals surface area (Å²) in [4.78, 5) is 52.5. The van der Waals surface area contributed by atoms with Gasteiger partial charge in [-0.2, -0.15) is 0 Å². The number of esters is 4. The van der Waals surface area contributed by atoms with Crippen LogP contribution < -0.4 is 0 Å². The Morgan fingerprint density at radius 2 is 1.41 bits per heavy atom. The van der Waals surface area contributed by atoms with Crippen LogP contribution in [0, 0.1) is 17.8 Å². The van der Waals surface area contributed by atoms with Gasteiger partial charge in [0.05, 0.1) is 18.4 Å². The lowest BCUT2D eigenvalue weighted by Crippen LogP contribution is -2.65. The minimum atomic E-state index is -2.41. The molecule has 0 unspecified atom stereocenters. The van der Waals surface area contributed by atoms with Gasteiger partial charge in [-0.1, -0.05) is 67.7 Å². The van der Waals surface area contributed by atoms with Gasteiger partial charge in [-0.3, -0.25) is 19.2 Å². The molecule has 15 heteroatoms. The predicted octanol–water partition coefficient (Wildman–Crippen LogP) is 1.92. The molecular formula is C34H58O15. The molecule has 2 saturated heterocycles. The van der Waals surface area contributed by atoms with Crippen LogP contribution in [0.2, 0.25) is 0 Å². The first-order chi connectivity index (χ1) is 23.2. The third-order valence-corrected chi connectivity index (χ3v) is 8.83. The van der Waals surface area contributed by atoms with E-state index in [0.29, 0.717) is 19.3 Å². The number of aliphatic hydroxyl groups is 4. The quantitative estimate of drug-likeness (QED) is 0.0809. The van der Waals surface area contributed by atoms with E-state index >= 15 is 0 Å². The summed E-state index contributed by atoms with van der Waals surface area (Å²) in [6, 6.07) is 0. The van der Waals surface area contributed by atoms with Crippen LogP contribution in [0.4, 0.5) is 0 Å². The lowest BCUT2D eigenvalue weighted by molar-refractivity contribution is -0.384. The highest BCUT2D eigenvalue weighted by Crippen LogP contribution is 2.38.